The van der Waals surface area contributed by atoms with Crippen LogP contribution in [0.4, 0.5) is 0 Å². The van der Waals surface area contributed by atoms with E-state index in [4.69, 9.17) is 0 Å². The average Bonchev–Trinajstić information content (AvgIpc) is 3.26. The van der Waals surface area contributed by atoms with Gasteiger partial charge >= 0.3 is 0 Å². The maximum atomic E-state index is 4.56. The van der Waals surface area contributed by atoms with Crippen molar-refractivity contribution in [2.24, 2.45) is 0 Å². The van der Waals surface area contributed by atoms with Crippen molar-refractivity contribution in [3.8, 4) is 38.6 Å². The number of benzene rings is 3. The third-order valence-corrected chi connectivity index (χ3v) is 6.02. The zero-order chi connectivity index (χ0) is 20.3. The second-order valence-corrected chi connectivity index (χ2v) is 8.04. The first-order chi connectivity index (χ1) is 14.8. The number of hydrogen-bond acceptors (Lipinski definition) is 2. The second kappa shape index (κ2) is 8.05. The van der Waals surface area contributed by atoms with Gasteiger partial charge in [-0.2, -0.15) is 4.37 Å². The molecule has 0 N–H and O–H groups in total. The lowest BCUT2D eigenvalue weighted by Gasteiger charge is -2.11. The van der Waals surface area contributed by atoms with Gasteiger partial charge in [-0.25, -0.2) is 0 Å². The minimum absolute atomic E-state index is 1.03. The van der Waals surface area contributed by atoms with Gasteiger partial charge in [0.05, 0.1) is 5.69 Å². The van der Waals surface area contributed by atoms with Crippen LogP contribution in [0.1, 0.15) is 5.69 Å². The Balaban J connectivity index is 1.87. The molecular formula is C27H21N2S+. The highest BCUT2D eigenvalue weighted by atomic mass is 32.1. The van der Waals surface area contributed by atoms with Gasteiger partial charge in [-0.15, -0.1) is 4.57 Å². The molecular weight excluding hydrogens is 384 g/mol. The van der Waals surface area contributed by atoms with Crippen molar-refractivity contribution in [1.82, 2.24) is 4.37 Å². The number of hydrogen-bond donors (Lipinski definition) is 0. The van der Waals surface area contributed by atoms with Crippen molar-refractivity contribution in [3.63, 3.8) is 0 Å². The molecule has 0 aliphatic rings. The van der Waals surface area contributed by atoms with E-state index >= 15 is 0 Å². The zero-order valence-corrected chi connectivity index (χ0v) is 17.5. The lowest BCUT2D eigenvalue weighted by molar-refractivity contribution is -0.567. The highest BCUT2D eigenvalue weighted by molar-refractivity contribution is 7.08. The SMILES string of the molecule is Cc1cc(-[n+]2c(-c3ccccc3)cc(-c3ccccc3)cc2-c2ccccc2)sn1. The van der Waals surface area contributed by atoms with E-state index in [9.17, 15) is 0 Å². The van der Waals surface area contributed by atoms with Crippen molar-refractivity contribution >= 4 is 11.5 Å². The normalized spacial score (nSPS) is 10.8. The lowest BCUT2D eigenvalue weighted by atomic mass is 9.99. The molecule has 5 aromatic rings. The fourth-order valence-electron chi connectivity index (χ4n) is 3.73. The Morgan fingerprint density at radius 3 is 1.47 bits per heavy atom. The standard InChI is InChI=1S/C27H21N2S/c1-20-17-27(30-28-20)29-25(22-13-7-3-8-14-22)18-24(21-11-5-2-6-12-21)19-26(29)23-15-9-4-10-16-23/h2-19H,1H3/q+1. The van der Waals surface area contributed by atoms with Gasteiger partial charge in [0.15, 0.2) is 0 Å². The van der Waals surface area contributed by atoms with E-state index in [1.807, 2.05) is 6.92 Å². The number of pyridine rings is 1. The fourth-order valence-corrected chi connectivity index (χ4v) is 4.52. The molecule has 3 heteroatoms. The molecule has 0 aliphatic carbocycles. The van der Waals surface area contributed by atoms with Gasteiger partial charge in [0.25, 0.3) is 5.00 Å². The van der Waals surface area contributed by atoms with Gasteiger partial charge in [-0.3, -0.25) is 0 Å². The monoisotopic (exact) mass is 405 g/mol. The van der Waals surface area contributed by atoms with Crippen LogP contribution in [0.5, 0.6) is 0 Å². The highest BCUT2D eigenvalue weighted by Crippen LogP contribution is 2.31. The first-order valence-electron chi connectivity index (χ1n) is 10.00. The molecule has 0 atom stereocenters. The van der Waals surface area contributed by atoms with Crippen LogP contribution < -0.4 is 4.57 Å². The van der Waals surface area contributed by atoms with Gasteiger partial charge in [-0.1, -0.05) is 66.7 Å². The van der Waals surface area contributed by atoms with E-state index in [1.54, 1.807) is 0 Å². The summed E-state index contributed by atoms with van der Waals surface area (Å²) in [7, 11) is 0. The van der Waals surface area contributed by atoms with E-state index in [2.05, 4.69) is 118 Å². The summed E-state index contributed by atoms with van der Waals surface area (Å²) in [5.41, 5.74) is 8.11. The number of aryl methyl sites for hydroxylation is 1. The summed E-state index contributed by atoms with van der Waals surface area (Å²) in [5, 5.41) is 1.12. The molecule has 0 saturated heterocycles. The summed E-state index contributed by atoms with van der Waals surface area (Å²) in [6, 6.07) is 38.5. The van der Waals surface area contributed by atoms with Crippen LogP contribution >= 0.6 is 11.5 Å². The molecule has 0 spiro atoms. The van der Waals surface area contributed by atoms with Gasteiger partial charge < -0.3 is 0 Å². The van der Waals surface area contributed by atoms with Gasteiger partial charge in [-0.05, 0) is 42.3 Å². The summed E-state index contributed by atoms with van der Waals surface area (Å²) in [6.07, 6.45) is 0. The Morgan fingerprint density at radius 2 is 1.03 bits per heavy atom. The van der Waals surface area contributed by atoms with Crippen molar-refractivity contribution in [2.75, 3.05) is 0 Å². The number of nitrogens with zero attached hydrogens (tertiary/aromatic N) is 2. The molecule has 0 unspecified atom stereocenters. The Morgan fingerprint density at radius 1 is 0.567 bits per heavy atom. The van der Waals surface area contributed by atoms with Gasteiger partial charge in [0, 0.05) is 40.9 Å². The first kappa shape index (κ1) is 18.5. The van der Waals surface area contributed by atoms with Gasteiger partial charge in [0.1, 0.15) is 0 Å². The van der Waals surface area contributed by atoms with Crippen molar-refractivity contribution in [2.45, 2.75) is 6.92 Å². The molecule has 0 aliphatic heterocycles. The predicted molar refractivity (Wildman–Crippen MR) is 125 cm³/mol. The van der Waals surface area contributed by atoms with E-state index in [-0.39, 0.29) is 0 Å². The first-order valence-corrected chi connectivity index (χ1v) is 10.8. The van der Waals surface area contributed by atoms with E-state index in [1.165, 1.54) is 33.8 Å². The largest absolute Gasteiger partial charge is 0.287 e. The zero-order valence-electron chi connectivity index (χ0n) is 16.7. The average molecular weight is 406 g/mol. The summed E-state index contributed by atoms with van der Waals surface area (Å²) < 4.78 is 6.90. The topological polar surface area (TPSA) is 16.8 Å². The maximum absolute atomic E-state index is 4.56. The molecule has 30 heavy (non-hydrogen) atoms. The van der Waals surface area contributed by atoms with Crippen LogP contribution in [0, 0.1) is 6.92 Å². The smallest absolute Gasteiger partial charge is 0.192 e. The van der Waals surface area contributed by atoms with Crippen LogP contribution in [0.2, 0.25) is 0 Å². The van der Waals surface area contributed by atoms with Crippen LogP contribution in [0.25, 0.3) is 38.6 Å². The molecule has 2 nitrogen and oxygen atoms in total. The van der Waals surface area contributed by atoms with Crippen LogP contribution in [0.15, 0.2) is 109 Å². The van der Waals surface area contributed by atoms with E-state index in [0.29, 0.717) is 0 Å². The van der Waals surface area contributed by atoms with Crippen LogP contribution in [-0.4, -0.2) is 4.37 Å². The summed E-state index contributed by atoms with van der Waals surface area (Å²) in [6.45, 7) is 2.04. The third-order valence-electron chi connectivity index (χ3n) is 5.15. The van der Waals surface area contributed by atoms with Crippen molar-refractivity contribution in [1.29, 1.82) is 0 Å². The molecule has 0 amide bonds. The third kappa shape index (κ3) is 3.56. The van der Waals surface area contributed by atoms with E-state index < -0.39 is 0 Å². The Bertz CT molecular complexity index is 1220. The minimum Gasteiger partial charge on any atom is -0.192 e. The molecule has 144 valence electrons. The fraction of sp³-hybridized carbons (Fsp3) is 0.0370. The highest BCUT2D eigenvalue weighted by Gasteiger charge is 2.26. The summed E-state index contributed by atoms with van der Waals surface area (Å²) in [5.74, 6) is 0. The molecule has 5 rings (SSSR count). The quantitative estimate of drug-likeness (QED) is 0.303. The van der Waals surface area contributed by atoms with Gasteiger partial charge in [0.2, 0.25) is 11.4 Å². The maximum Gasteiger partial charge on any atom is 0.287 e. The predicted octanol–water partition coefficient (Wildman–Crippen LogP) is 6.73. The summed E-state index contributed by atoms with van der Waals surface area (Å²) >= 11 is 1.53. The minimum atomic E-state index is 1.03. The van der Waals surface area contributed by atoms with Crippen molar-refractivity contribution in [3.05, 3.63) is 115 Å². The molecule has 2 heterocycles. The molecule has 0 bridgehead atoms. The molecule has 0 radical (unpaired) electrons. The Hall–Kier alpha value is -3.56. The molecule has 2 aromatic heterocycles. The Kier molecular flexibility index (Phi) is 4.96. The summed E-state index contributed by atoms with van der Waals surface area (Å²) in [4.78, 5) is 0. The molecule has 3 aromatic carbocycles. The Labute approximate surface area is 180 Å². The van der Waals surface area contributed by atoms with Crippen LogP contribution in [0.3, 0.4) is 0 Å². The number of aromatic nitrogens is 2. The van der Waals surface area contributed by atoms with Crippen molar-refractivity contribution < 1.29 is 4.57 Å². The lowest BCUT2D eigenvalue weighted by Crippen LogP contribution is -2.35. The second-order valence-electron chi connectivity index (χ2n) is 7.25. The van der Waals surface area contributed by atoms with E-state index in [0.717, 1.165) is 22.1 Å². The molecule has 0 fully saturated rings. The molecule has 0 saturated carbocycles. The van der Waals surface area contributed by atoms with Crippen LogP contribution in [-0.2, 0) is 0 Å². The number of rotatable bonds is 4.